The number of urea groups is 1. The Morgan fingerprint density at radius 2 is 2.17 bits per heavy atom. The third kappa shape index (κ3) is 4.36. The van der Waals surface area contributed by atoms with E-state index in [-0.39, 0.29) is 11.9 Å². The van der Waals surface area contributed by atoms with Gasteiger partial charge in [-0.25, -0.2) is 9.78 Å². The predicted molar refractivity (Wildman–Crippen MR) is 115 cm³/mol. The van der Waals surface area contributed by atoms with Crippen molar-refractivity contribution in [2.24, 2.45) is 0 Å². The lowest BCUT2D eigenvalue weighted by molar-refractivity contribution is 0.102. The van der Waals surface area contributed by atoms with Gasteiger partial charge in [0, 0.05) is 35.4 Å². The monoisotopic (exact) mass is 424 g/mol. The van der Waals surface area contributed by atoms with Crippen LogP contribution in [0.25, 0.3) is 0 Å². The van der Waals surface area contributed by atoms with E-state index in [2.05, 4.69) is 15.6 Å². The number of amides is 3. The maximum atomic E-state index is 12.7. The number of carbonyl (C=O) groups is 2. The molecule has 154 valence electrons. The number of carbonyl (C=O) groups excluding carboxylic acids is 2. The number of hydrogen-bond donors (Lipinski definition) is 2. The van der Waals surface area contributed by atoms with Gasteiger partial charge in [0.25, 0.3) is 5.91 Å². The van der Waals surface area contributed by atoms with Crippen molar-refractivity contribution in [1.82, 2.24) is 10.3 Å². The summed E-state index contributed by atoms with van der Waals surface area (Å²) in [5, 5.41) is 7.53. The van der Waals surface area contributed by atoms with E-state index in [0.717, 1.165) is 11.4 Å². The molecule has 0 bridgehead atoms. The third-order valence-corrected chi connectivity index (χ3v) is 5.19. The number of nitrogens with zero attached hydrogens (tertiary/aromatic N) is 2. The fourth-order valence-corrected chi connectivity index (χ4v) is 3.60. The maximum Gasteiger partial charge on any atom is 0.321 e. The Morgan fingerprint density at radius 1 is 1.27 bits per heavy atom. The predicted octanol–water partition coefficient (Wildman–Crippen LogP) is 3.51. The first-order chi connectivity index (χ1) is 14.6. The second kappa shape index (κ2) is 8.83. The topological polar surface area (TPSA) is 92.8 Å². The van der Waals surface area contributed by atoms with Gasteiger partial charge in [0.1, 0.15) is 6.61 Å². The fourth-order valence-electron chi connectivity index (χ4n) is 3.06. The summed E-state index contributed by atoms with van der Waals surface area (Å²) >= 11 is 1.50. The van der Waals surface area contributed by atoms with Crippen LogP contribution in [0.4, 0.5) is 16.2 Å². The van der Waals surface area contributed by atoms with Crippen LogP contribution in [0, 0.1) is 0 Å². The van der Waals surface area contributed by atoms with Crippen LogP contribution in [0.15, 0.2) is 53.4 Å². The van der Waals surface area contributed by atoms with Crippen molar-refractivity contribution in [3.63, 3.8) is 0 Å². The van der Waals surface area contributed by atoms with Crippen LogP contribution in [0.5, 0.6) is 11.5 Å². The zero-order valence-electron chi connectivity index (χ0n) is 16.3. The molecule has 1 aromatic heterocycles. The van der Waals surface area contributed by atoms with Crippen molar-refractivity contribution >= 4 is 34.6 Å². The molecule has 2 aromatic carbocycles. The van der Waals surface area contributed by atoms with E-state index in [9.17, 15) is 9.59 Å². The highest BCUT2D eigenvalue weighted by Crippen LogP contribution is 2.29. The van der Waals surface area contributed by atoms with Gasteiger partial charge < -0.3 is 20.1 Å². The highest BCUT2D eigenvalue weighted by molar-refractivity contribution is 7.07. The summed E-state index contributed by atoms with van der Waals surface area (Å²) in [5.74, 6) is 0.701. The summed E-state index contributed by atoms with van der Waals surface area (Å²) in [6.45, 7) is 1.52. The minimum absolute atomic E-state index is 0.142. The number of ether oxygens (including phenoxy) is 2. The Hall–Kier alpha value is -3.59. The van der Waals surface area contributed by atoms with Crippen LogP contribution in [0.2, 0.25) is 0 Å². The van der Waals surface area contributed by atoms with Crippen molar-refractivity contribution in [1.29, 1.82) is 0 Å². The summed E-state index contributed by atoms with van der Waals surface area (Å²) < 4.78 is 11.1. The molecule has 4 rings (SSSR count). The lowest BCUT2D eigenvalue weighted by atomic mass is 10.1. The van der Waals surface area contributed by atoms with Gasteiger partial charge in [-0.15, -0.1) is 11.3 Å². The molecule has 0 unspecified atom stereocenters. The second-order valence-electron chi connectivity index (χ2n) is 6.52. The zero-order valence-corrected chi connectivity index (χ0v) is 17.1. The molecule has 1 aliphatic heterocycles. The second-order valence-corrected chi connectivity index (χ2v) is 7.24. The van der Waals surface area contributed by atoms with Crippen molar-refractivity contribution in [3.8, 4) is 11.5 Å². The average Bonchev–Trinajstić information content (AvgIpc) is 3.44. The van der Waals surface area contributed by atoms with Crippen LogP contribution in [-0.2, 0) is 6.61 Å². The highest BCUT2D eigenvalue weighted by atomic mass is 32.1. The highest BCUT2D eigenvalue weighted by Gasteiger charge is 2.21. The lowest BCUT2D eigenvalue weighted by Crippen LogP contribution is -2.27. The largest absolute Gasteiger partial charge is 0.493 e. The van der Waals surface area contributed by atoms with Gasteiger partial charge >= 0.3 is 6.03 Å². The number of thiazole rings is 1. The van der Waals surface area contributed by atoms with Crippen LogP contribution in [-0.4, -0.2) is 37.1 Å². The normalized spacial score (nSPS) is 13.1. The van der Waals surface area contributed by atoms with Gasteiger partial charge in [-0.1, -0.05) is 6.07 Å². The van der Waals surface area contributed by atoms with E-state index in [0.29, 0.717) is 42.4 Å². The molecule has 9 heteroatoms. The van der Waals surface area contributed by atoms with Crippen molar-refractivity contribution in [2.45, 2.75) is 6.61 Å². The molecule has 0 aliphatic carbocycles. The third-order valence-electron chi connectivity index (χ3n) is 4.56. The van der Waals surface area contributed by atoms with E-state index in [1.807, 2.05) is 11.4 Å². The summed E-state index contributed by atoms with van der Waals surface area (Å²) in [6, 6.07) is 12.0. The minimum Gasteiger partial charge on any atom is -0.493 e. The van der Waals surface area contributed by atoms with Crippen LogP contribution < -0.4 is 25.0 Å². The van der Waals surface area contributed by atoms with Gasteiger partial charge in [-0.3, -0.25) is 9.69 Å². The SMILES string of the molecule is COc1cc(C(=O)Nc2cccc(N3CCNC3=O)c2)ccc1OCc1cscn1. The van der Waals surface area contributed by atoms with Crippen LogP contribution in [0.3, 0.4) is 0 Å². The number of rotatable bonds is 7. The standard InChI is InChI=1S/C21H20N4O4S/c1-28-19-9-14(5-6-18(19)29-11-16-12-30-13-23-16)20(26)24-15-3-2-4-17(10-15)25-8-7-22-21(25)27/h2-6,9-10,12-13H,7-8,11H2,1H3,(H,22,27)(H,24,26). The Labute approximate surface area is 177 Å². The maximum absolute atomic E-state index is 12.7. The van der Waals surface area contributed by atoms with E-state index < -0.39 is 0 Å². The molecule has 2 N–H and O–H groups in total. The Kier molecular flexibility index (Phi) is 5.80. The van der Waals surface area contributed by atoms with Gasteiger partial charge in [0.2, 0.25) is 0 Å². The Balaban J connectivity index is 1.46. The molecule has 3 aromatic rings. The molecule has 30 heavy (non-hydrogen) atoms. The molecule has 1 aliphatic rings. The molecule has 2 heterocycles. The molecule has 3 amide bonds. The molecule has 0 saturated carbocycles. The van der Waals surface area contributed by atoms with E-state index in [4.69, 9.17) is 9.47 Å². The van der Waals surface area contributed by atoms with E-state index in [1.165, 1.54) is 18.4 Å². The number of anilines is 2. The summed E-state index contributed by atoms with van der Waals surface area (Å²) in [4.78, 5) is 30.4. The van der Waals surface area contributed by atoms with E-state index >= 15 is 0 Å². The fraction of sp³-hybridized carbons (Fsp3) is 0.190. The molecular weight excluding hydrogens is 404 g/mol. The first-order valence-electron chi connectivity index (χ1n) is 9.29. The van der Waals surface area contributed by atoms with Gasteiger partial charge in [0.15, 0.2) is 11.5 Å². The number of methoxy groups -OCH3 is 1. The minimum atomic E-state index is -0.289. The smallest absolute Gasteiger partial charge is 0.321 e. The molecule has 0 radical (unpaired) electrons. The van der Waals surface area contributed by atoms with Crippen LogP contribution >= 0.6 is 11.3 Å². The lowest BCUT2D eigenvalue weighted by Gasteiger charge is -2.16. The zero-order chi connectivity index (χ0) is 20.9. The summed E-state index contributed by atoms with van der Waals surface area (Å²) in [7, 11) is 1.53. The molecular formula is C21H20N4O4S. The number of benzene rings is 2. The average molecular weight is 424 g/mol. The molecule has 0 spiro atoms. The molecule has 8 nitrogen and oxygen atoms in total. The number of aromatic nitrogens is 1. The van der Waals surface area contributed by atoms with Crippen molar-refractivity contribution < 1.29 is 19.1 Å². The quantitative estimate of drug-likeness (QED) is 0.606. The molecule has 0 atom stereocenters. The molecule has 1 saturated heterocycles. The van der Waals surface area contributed by atoms with E-state index in [1.54, 1.807) is 46.8 Å². The van der Waals surface area contributed by atoms with Gasteiger partial charge in [-0.05, 0) is 36.4 Å². The number of nitrogens with one attached hydrogen (secondary N) is 2. The number of hydrogen-bond acceptors (Lipinski definition) is 6. The van der Waals surface area contributed by atoms with Gasteiger partial charge in [0.05, 0.1) is 18.3 Å². The summed E-state index contributed by atoms with van der Waals surface area (Å²) in [5.41, 5.74) is 4.33. The van der Waals surface area contributed by atoms with Crippen LogP contribution in [0.1, 0.15) is 16.1 Å². The first kappa shape index (κ1) is 19.7. The Bertz CT molecular complexity index is 1050. The summed E-state index contributed by atoms with van der Waals surface area (Å²) in [6.07, 6.45) is 0. The molecule has 1 fully saturated rings. The first-order valence-corrected chi connectivity index (χ1v) is 10.2. The Morgan fingerprint density at radius 3 is 2.90 bits per heavy atom. The van der Waals surface area contributed by atoms with Crippen molar-refractivity contribution in [3.05, 3.63) is 64.6 Å². The van der Waals surface area contributed by atoms with Gasteiger partial charge in [-0.2, -0.15) is 0 Å². The van der Waals surface area contributed by atoms with Crippen molar-refractivity contribution in [2.75, 3.05) is 30.4 Å².